The highest BCUT2D eigenvalue weighted by Gasteiger charge is 2.08. The van der Waals surface area contributed by atoms with Gasteiger partial charge in [-0.1, -0.05) is 0 Å². The molecule has 1 heterocycles. The second-order valence-electron chi connectivity index (χ2n) is 3.53. The molecule has 0 saturated heterocycles. The number of sulfonamides is 1. The molecule has 2 N–H and O–H groups in total. The van der Waals surface area contributed by atoms with E-state index >= 15 is 0 Å². The van der Waals surface area contributed by atoms with E-state index in [1.165, 1.54) is 11.5 Å². The van der Waals surface area contributed by atoms with Crippen LogP contribution in [0.2, 0.25) is 0 Å². The number of rotatable bonds is 6. The van der Waals surface area contributed by atoms with Gasteiger partial charge in [0.2, 0.25) is 10.0 Å². The molecule has 0 bridgehead atoms. The summed E-state index contributed by atoms with van der Waals surface area (Å²) in [5, 5.41) is 12.7. The van der Waals surface area contributed by atoms with Gasteiger partial charge in [-0.3, -0.25) is 0 Å². The Morgan fingerprint density at radius 2 is 2.18 bits per heavy atom. The first-order valence-electron chi connectivity index (χ1n) is 4.99. The Labute approximate surface area is 105 Å². The first-order valence-corrected chi connectivity index (χ1v) is 7.65. The fourth-order valence-corrected chi connectivity index (χ4v) is 2.46. The van der Waals surface area contributed by atoms with Crippen LogP contribution >= 0.6 is 11.5 Å². The van der Waals surface area contributed by atoms with Crippen LogP contribution in [-0.4, -0.2) is 32.1 Å². The van der Waals surface area contributed by atoms with Gasteiger partial charge < -0.3 is 5.32 Å². The van der Waals surface area contributed by atoms with E-state index in [2.05, 4.69) is 20.5 Å². The van der Waals surface area contributed by atoms with Gasteiger partial charge in [0.05, 0.1) is 11.9 Å². The molecule has 8 heteroatoms. The van der Waals surface area contributed by atoms with Crippen molar-refractivity contribution in [3.63, 3.8) is 0 Å². The fourth-order valence-electron chi connectivity index (χ4n) is 1.17. The SMILES string of the molecule is Cc1nsc(NCCCNS(C)(=O)=O)c1C#N. The molecule has 0 aromatic carbocycles. The van der Waals surface area contributed by atoms with Crippen molar-refractivity contribution in [2.45, 2.75) is 13.3 Å². The van der Waals surface area contributed by atoms with Crippen molar-refractivity contribution in [2.75, 3.05) is 24.7 Å². The van der Waals surface area contributed by atoms with Crippen LogP contribution in [0.5, 0.6) is 0 Å². The number of hydrogen-bond acceptors (Lipinski definition) is 6. The molecule has 1 rings (SSSR count). The number of anilines is 1. The molecular formula is C9H14N4O2S2. The van der Waals surface area contributed by atoms with Crippen molar-refractivity contribution in [3.8, 4) is 6.07 Å². The Morgan fingerprint density at radius 1 is 1.47 bits per heavy atom. The number of nitrogens with one attached hydrogen (secondary N) is 2. The average Bonchev–Trinajstić information content (AvgIpc) is 2.57. The van der Waals surface area contributed by atoms with Crippen molar-refractivity contribution >= 4 is 26.6 Å². The van der Waals surface area contributed by atoms with Crippen molar-refractivity contribution in [1.29, 1.82) is 5.26 Å². The van der Waals surface area contributed by atoms with Crippen molar-refractivity contribution in [3.05, 3.63) is 11.3 Å². The van der Waals surface area contributed by atoms with Gasteiger partial charge in [0.25, 0.3) is 0 Å². The second-order valence-corrected chi connectivity index (χ2v) is 6.14. The molecule has 0 spiro atoms. The highest BCUT2D eigenvalue weighted by molar-refractivity contribution is 7.88. The normalized spacial score (nSPS) is 11.1. The Hall–Kier alpha value is -1.17. The third kappa shape index (κ3) is 4.68. The maximum Gasteiger partial charge on any atom is 0.208 e. The summed E-state index contributed by atoms with van der Waals surface area (Å²) in [5.41, 5.74) is 1.28. The van der Waals surface area contributed by atoms with Crippen LogP contribution in [0.4, 0.5) is 5.00 Å². The van der Waals surface area contributed by atoms with Crippen LogP contribution in [-0.2, 0) is 10.0 Å². The molecule has 0 aliphatic heterocycles. The third-order valence-corrected chi connectivity index (χ3v) is 3.60. The molecule has 17 heavy (non-hydrogen) atoms. The van der Waals surface area contributed by atoms with Crippen molar-refractivity contribution in [2.24, 2.45) is 0 Å². The van der Waals surface area contributed by atoms with E-state index in [0.717, 1.165) is 11.3 Å². The van der Waals surface area contributed by atoms with Crippen LogP contribution in [0.15, 0.2) is 0 Å². The monoisotopic (exact) mass is 274 g/mol. The summed E-state index contributed by atoms with van der Waals surface area (Å²) in [5.74, 6) is 0. The van der Waals surface area contributed by atoms with E-state index in [4.69, 9.17) is 5.26 Å². The predicted octanol–water partition coefficient (Wildman–Crippen LogP) is 0.674. The van der Waals surface area contributed by atoms with Gasteiger partial charge in [-0.2, -0.15) is 9.64 Å². The molecular weight excluding hydrogens is 260 g/mol. The number of hydrogen-bond donors (Lipinski definition) is 2. The van der Waals surface area contributed by atoms with Crippen LogP contribution in [0.25, 0.3) is 0 Å². The lowest BCUT2D eigenvalue weighted by Crippen LogP contribution is -2.24. The molecule has 6 nitrogen and oxygen atoms in total. The van der Waals surface area contributed by atoms with Crippen LogP contribution in [0.3, 0.4) is 0 Å². The quantitative estimate of drug-likeness (QED) is 0.744. The van der Waals surface area contributed by atoms with E-state index in [9.17, 15) is 8.42 Å². The minimum Gasteiger partial charge on any atom is -0.375 e. The highest BCUT2D eigenvalue weighted by atomic mass is 32.2. The summed E-state index contributed by atoms with van der Waals surface area (Å²) in [6, 6.07) is 2.08. The standard InChI is InChI=1S/C9H14N4O2S2/c1-7-8(6-10)9(16-13-7)11-4-3-5-12-17(2,14)15/h11-12H,3-5H2,1-2H3. The smallest absolute Gasteiger partial charge is 0.208 e. The molecule has 0 aliphatic carbocycles. The van der Waals surface area contributed by atoms with Gasteiger partial charge in [0, 0.05) is 13.1 Å². The summed E-state index contributed by atoms with van der Waals surface area (Å²) in [6.45, 7) is 2.76. The lowest BCUT2D eigenvalue weighted by atomic mass is 10.3. The van der Waals surface area contributed by atoms with Gasteiger partial charge in [0.1, 0.15) is 16.6 Å². The zero-order valence-corrected chi connectivity index (χ0v) is 11.3. The highest BCUT2D eigenvalue weighted by Crippen LogP contribution is 2.22. The van der Waals surface area contributed by atoms with Crippen LogP contribution in [0.1, 0.15) is 17.7 Å². The lowest BCUT2D eigenvalue weighted by molar-refractivity contribution is 0.586. The molecule has 1 aromatic rings. The molecule has 94 valence electrons. The first-order chi connectivity index (χ1) is 7.94. The molecule has 0 unspecified atom stereocenters. The van der Waals surface area contributed by atoms with Crippen molar-refractivity contribution < 1.29 is 8.42 Å². The Morgan fingerprint density at radius 3 is 2.76 bits per heavy atom. The van der Waals surface area contributed by atoms with Gasteiger partial charge in [-0.15, -0.1) is 0 Å². The third-order valence-electron chi connectivity index (χ3n) is 1.98. The lowest BCUT2D eigenvalue weighted by Gasteiger charge is -2.04. The van der Waals surface area contributed by atoms with E-state index in [1.807, 2.05) is 0 Å². The Kier molecular flexibility index (Phi) is 4.86. The largest absolute Gasteiger partial charge is 0.375 e. The van der Waals surface area contributed by atoms with Gasteiger partial charge in [0.15, 0.2) is 0 Å². The molecule has 0 aliphatic rings. The molecule has 0 radical (unpaired) electrons. The summed E-state index contributed by atoms with van der Waals surface area (Å²) >= 11 is 1.24. The average molecular weight is 274 g/mol. The predicted molar refractivity (Wildman–Crippen MR) is 67.5 cm³/mol. The van der Waals surface area contributed by atoms with E-state index in [1.54, 1.807) is 6.92 Å². The summed E-state index contributed by atoms with van der Waals surface area (Å²) in [4.78, 5) is 0. The summed E-state index contributed by atoms with van der Waals surface area (Å²) in [6.07, 6.45) is 1.77. The Bertz CT molecular complexity index is 516. The van der Waals surface area contributed by atoms with Crippen LogP contribution in [0, 0.1) is 18.3 Å². The molecule has 0 saturated carbocycles. The van der Waals surface area contributed by atoms with E-state index in [-0.39, 0.29) is 0 Å². The summed E-state index contributed by atoms with van der Waals surface area (Å²) in [7, 11) is -3.12. The molecule has 0 atom stereocenters. The van der Waals surface area contributed by atoms with Gasteiger partial charge in [-0.25, -0.2) is 13.1 Å². The van der Waals surface area contributed by atoms with Crippen LogP contribution < -0.4 is 10.0 Å². The second kappa shape index (κ2) is 5.95. The number of aromatic nitrogens is 1. The van der Waals surface area contributed by atoms with E-state index < -0.39 is 10.0 Å². The number of nitriles is 1. The summed E-state index contributed by atoms with van der Waals surface area (Å²) < 4.78 is 28.0. The number of aryl methyl sites for hydroxylation is 1. The number of nitrogens with zero attached hydrogens (tertiary/aromatic N) is 2. The Balaban J connectivity index is 2.35. The molecule has 0 amide bonds. The maximum absolute atomic E-state index is 10.8. The van der Waals surface area contributed by atoms with E-state index in [0.29, 0.717) is 30.8 Å². The zero-order chi connectivity index (χ0) is 12.9. The fraction of sp³-hybridized carbons (Fsp3) is 0.556. The minimum absolute atomic E-state index is 0.380. The first kappa shape index (κ1) is 13.9. The van der Waals surface area contributed by atoms with Crippen molar-refractivity contribution in [1.82, 2.24) is 9.10 Å². The topological polar surface area (TPSA) is 94.9 Å². The molecule has 1 aromatic heterocycles. The molecule has 0 fully saturated rings. The van der Waals surface area contributed by atoms with Gasteiger partial charge >= 0.3 is 0 Å². The minimum atomic E-state index is -3.12. The maximum atomic E-state index is 10.8. The zero-order valence-electron chi connectivity index (χ0n) is 9.65. The van der Waals surface area contributed by atoms with Gasteiger partial charge in [-0.05, 0) is 24.9 Å².